The van der Waals surface area contributed by atoms with E-state index >= 15 is 0 Å². The van der Waals surface area contributed by atoms with Gasteiger partial charge in [-0.3, -0.25) is 4.79 Å². The number of aliphatic hydroxyl groups is 3. The van der Waals surface area contributed by atoms with Gasteiger partial charge in [0, 0.05) is 6.42 Å². The van der Waals surface area contributed by atoms with E-state index in [2.05, 4.69) is 19.2 Å². The van der Waals surface area contributed by atoms with Crippen LogP contribution in [0, 0.1) is 0 Å². The Labute approximate surface area is 294 Å². The van der Waals surface area contributed by atoms with E-state index in [4.69, 9.17) is 0 Å². The highest BCUT2D eigenvalue weighted by Gasteiger charge is 2.26. The van der Waals surface area contributed by atoms with E-state index in [0.717, 1.165) is 32.1 Å². The summed E-state index contributed by atoms with van der Waals surface area (Å²) >= 11 is 0. The predicted octanol–water partition coefficient (Wildman–Crippen LogP) is 11.9. The maximum absolute atomic E-state index is 12.4. The molecule has 1 amide bonds. The van der Waals surface area contributed by atoms with Crippen molar-refractivity contribution in [1.29, 1.82) is 0 Å². The average Bonchev–Trinajstić information content (AvgIpc) is 3.07. The molecule has 0 bridgehead atoms. The molecule has 4 N–H and O–H groups in total. The van der Waals surface area contributed by atoms with E-state index < -0.39 is 18.2 Å². The number of rotatable bonds is 39. The fraction of sp³-hybridized carbons (Fsp3) is 0.976. The highest BCUT2D eigenvalue weighted by Crippen LogP contribution is 2.17. The summed E-state index contributed by atoms with van der Waals surface area (Å²) in [5.41, 5.74) is 0. The minimum absolute atomic E-state index is 0.140. The molecule has 0 aromatic heterocycles. The second-order valence-corrected chi connectivity index (χ2v) is 14.9. The molecule has 0 radical (unpaired) electrons. The van der Waals surface area contributed by atoms with Gasteiger partial charge in [-0.1, -0.05) is 219 Å². The van der Waals surface area contributed by atoms with Gasteiger partial charge in [0.1, 0.15) is 6.10 Å². The van der Waals surface area contributed by atoms with Crippen molar-refractivity contribution >= 4 is 5.91 Å². The number of carbonyl (C=O) groups excluding carboxylic acids is 1. The fourth-order valence-electron chi connectivity index (χ4n) is 6.87. The first-order valence-electron chi connectivity index (χ1n) is 21.3. The van der Waals surface area contributed by atoms with Crippen LogP contribution < -0.4 is 5.32 Å². The van der Waals surface area contributed by atoms with Gasteiger partial charge in [-0.05, 0) is 12.8 Å². The first kappa shape index (κ1) is 46.4. The lowest BCUT2D eigenvalue weighted by Gasteiger charge is -2.26. The van der Waals surface area contributed by atoms with Gasteiger partial charge < -0.3 is 20.6 Å². The molecule has 5 heteroatoms. The summed E-state index contributed by atoms with van der Waals surface area (Å²) in [6, 6.07) is -0.802. The molecule has 0 spiro atoms. The molecule has 0 rings (SSSR count). The van der Waals surface area contributed by atoms with Gasteiger partial charge >= 0.3 is 0 Å². The van der Waals surface area contributed by atoms with Gasteiger partial charge in [-0.25, -0.2) is 0 Å². The number of carbonyl (C=O) groups is 1. The molecule has 0 aliphatic heterocycles. The molecule has 282 valence electrons. The Balaban J connectivity index is 3.60. The zero-order valence-corrected chi connectivity index (χ0v) is 31.9. The van der Waals surface area contributed by atoms with E-state index in [9.17, 15) is 20.1 Å². The summed E-state index contributed by atoms with van der Waals surface area (Å²) in [5.74, 6) is -0.140. The Hall–Kier alpha value is -0.650. The molecule has 0 fully saturated rings. The van der Waals surface area contributed by atoms with Crippen LogP contribution in [-0.4, -0.2) is 46.1 Å². The molecule has 0 saturated heterocycles. The zero-order valence-electron chi connectivity index (χ0n) is 31.9. The largest absolute Gasteiger partial charge is 0.394 e. The Bertz CT molecular complexity index is 615. The molecule has 3 unspecified atom stereocenters. The Morgan fingerprint density at radius 1 is 0.447 bits per heavy atom. The van der Waals surface area contributed by atoms with Crippen LogP contribution in [0.25, 0.3) is 0 Å². The predicted molar refractivity (Wildman–Crippen MR) is 204 cm³/mol. The van der Waals surface area contributed by atoms with Crippen molar-refractivity contribution in [3.8, 4) is 0 Å². The van der Waals surface area contributed by atoms with E-state index in [-0.39, 0.29) is 12.5 Å². The van der Waals surface area contributed by atoms with Gasteiger partial charge in [-0.15, -0.1) is 0 Å². The minimum Gasteiger partial charge on any atom is -0.394 e. The molecule has 0 aliphatic carbocycles. The minimum atomic E-state index is -1.13. The summed E-state index contributed by atoms with van der Waals surface area (Å²) < 4.78 is 0. The van der Waals surface area contributed by atoms with E-state index in [0.29, 0.717) is 12.8 Å². The third kappa shape index (κ3) is 33.6. The van der Waals surface area contributed by atoms with Crippen molar-refractivity contribution in [2.75, 3.05) is 6.61 Å². The number of hydrogen-bond acceptors (Lipinski definition) is 4. The summed E-state index contributed by atoms with van der Waals surface area (Å²) in [5, 5.41) is 33.5. The third-order valence-corrected chi connectivity index (χ3v) is 10.2. The van der Waals surface area contributed by atoms with Crippen molar-refractivity contribution < 1.29 is 20.1 Å². The molecular weight excluding hydrogens is 582 g/mol. The first-order valence-corrected chi connectivity index (χ1v) is 21.3. The number of unbranched alkanes of at least 4 members (excludes halogenated alkanes) is 31. The number of nitrogens with one attached hydrogen (secondary N) is 1. The summed E-state index contributed by atoms with van der Waals surface area (Å²) in [6.45, 7) is 4.19. The SMILES string of the molecule is CCCCCCCCCCCCCCCCCCCC(O)C(O)C(CO)NC(=O)CCCCCCCCCCCCCCCCCC. The number of aliphatic hydroxyl groups excluding tert-OH is 3. The quantitative estimate of drug-likeness (QED) is 0.0491. The molecule has 0 aromatic rings. The van der Waals surface area contributed by atoms with Crippen molar-refractivity contribution in [1.82, 2.24) is 5.32 Å². The second-order valence-electron chi connectivity index (χ2n) is 14.9. The van der Waals surface area contributed by atoms with Crippen LogP contribution in [0.1, 0.15) is 239 Å². The lowest BCUT2D eigenvalue weighted by molar-refractivity contribution is -0.124. The second kappa shape index (κ2) is 38.2. The van der Waals surface area contributed by atoms with Crippen molar-refractivity contribution in [2.45, 2.75) is 257 Å². The van der Waals surface area contributed by atoms with Gasteiger partial charge in [0.05, 0.1) is 18.8 Å². The van der Waals surface area contributed by atoms with Crippen molar-refractivity contribution in [3.63, 3.8) is 0 Å². The normalized spacial score (nSPS) is 13.6. The molecular formula is C42H85NO4. The smallest absolute Gasteiger partial charge is 0.220 e. The Morgan fingerprint density at radius 2 is 0.723 bits per heavy atom. The van der Waals surface area contributed by atoms with E-state index in [1.807, 2.05) is 0 Å². The maximum atomic E-state index is 12.4. The molecule has 0 aliphatic rings. The van der Waals surface area contributed by atoms with Gasteiger partial charge in [0.15, 0.2) is 0 Å². The molecule has 0 aromatic carbocycles. The molecule has 5 nitrogen and oxygen atoms in total. The topological polar surface area (TPSA) is 89.8 Å². The van der Waals surface area contributed by atoms with Gasteiger partial charge in [-0.2, -0.15) is 0 Å². The van der Waals surface area contributed by atoms with Crippen LogP contribution in [0.3, 0.4) is 0 Å². The fourth-order valence-corrected chi connectivity index (χ4v) is 6.87. The van der Waals surface area contributed by atoms with Gasteiger partial charge in [0.25, 0.3) is 0 Å². The van der Waals surface area contributed by atoms with Crippen LogP contribution in [0.5, 0.6) is 0 Å². The lowest BCUT2D eigenvalue weighted by Crippen LogP contribution is -2.50. The Kier molecular flexibility index (Phi) is 37.6. The zero-order chi connectivity index (χ0) is 34.5. The molecule has 47 heavy (non-hydrogen) atoms. The Morgan fingerprint density at radius 3 is 1.02 bits per heavy atom. The maximum Gasteiger partial charge on any atom is 0.220 e. The monoisotopic (exact) mass is 668 g/mol. The van der Waals surface area contributed by atoms with Crippen LogP contribution >= 0.6 is 0 Å². The molecule has 3 atom stereocenters. The summed E-state index contributed by atoms with van der Waals surface area (Å²) in [7, 11) is 0. The molecule has 0 saturated carbocycles. The highest BCUT2D eigenvalue weighted by molar-refractivity contribution is 5.76. The van der Waals surface area contributed by atoms with E-state index in [1.54, 1.807) is 0 Å². The number of amides is 1. The van der Waals surface area contributed by atoms with Gasteiger partial charge in [0.2, 0.25) is 5.91 Å². The summed E-state index contributed by atoms with van der Waals surface area (Å²) in [6.07, 6.45) is 42.0. The average molecular weight is 668 g/mol. The third-order valence-electron chi connectivity index (χ3n) is 10.2. The van der Waals surface area contributed by atoms with Crippen LogP contribution in [0.2, 0.25) is 0 Å². The van der Waals surface area contributed by atoms with Crippen LogP contribution in [0.15, 0.2) is 0 Å². The standard InChI is InChI=1S/C42H85NO4/c1-3-5-7-9-11-13-15-17-19-21-22-24-26-28-30-32-34-36-40(45)42(47)39(38-44)43-41(46)37-35-33-31-29-27-25-23-20-18-16-14-12-10-8-6-4-2/h39-40,42,44-45,47H,3-38H2,1-2H3,(H,43,46). The van der Waals surface area contributed by atoms with Crippen molar-refractivity contribution in [3.05, 3.63) is 0 Å². The summed E-state index contributed by atoms with van der Waals surface area (Å²) in [4.78, 5) is 12.4. The van der Waals surface area contributed by atoms with Crippen molar-refractivity contribution in [2.24, 2.45) is 0 Å². The first-order chi connectivity index (χ1) is 23.1. The van der Waals surface area contributed by atoms with Crippen LogP contribution in [0.4, 0.5) is 0 Å². The molecule has 0 heterocycles. The number of hydrogen-bond donors (Lipinski definition) is 4. The highest BCUT2D eigenvalue weighted by atomic mass is 16.3. The van der Waals surface area contributed by atoms with Crippen LogP contribution in [-0.2, 0) is 4.79 Å². The lowest BCUT2D eigenvalue weighted by atomic mass is 9.99. The van der Waals surface area contributed by atoms with E-state index in [1.165, 1.54) is 180 Å².